The molecule has 0 saturated carbocycles. The molecule has 4 rings (SSSR count). The Hall–Kier alpha value is -2.14. The number of hydrogen-bond donors (Lipinski definition) is 0. The molecule has 3 aromatic rings. The number of ether oxygens (including phenoxy) is 1. The Bertz CT molecular complexity index is 977. The first-order valence-electron chi connectivity index (χ1n) is 8.76. The molecule has 0 aromatic heterocycles. The molecule has 3 nitrogen and oxygen atoms in total. The van der Waals surface area contributed by atoms with Gasteiger partial charge in [-0.15, -0.1) is 11.8 Å². The van der Waals surface area contributed by atoms with Gasteiger partial charge in [0.1, 0.15) is 17.7 Å². The largest absolute Gasteiger partial charge is 0.489 e. The average Bonchev–Trinajstić information content (AvgIpc) is 3.10. The van der Waals surface area contributed by atoms with E-state index in [9.17, 15) is 4.79 Å². The molecule has 1 saturated heterocycles. The van der Waals surface area contributed by atoms with E-state index in [4.69, 9.17) is 27.9 Å². The Balaban J connectivity index is 1.53. The summed E-state index contributed by atoms with van der Waals surface area (Å²) in [5, 5.41) is 1.26. The van der Waals surface area contributed by atoms with Crippen LogP contribution in [-0.4, -0.2) is 11.7 Å². The van der Waals surface area contributed by atoms with Crippen LogP contribution in [0.2, 0.25) is 10.0 Å². The third-order valence-electron chi connectivity index (χ3n) is 4.43. The lowest BCUT2D eigenvalue weighted by atomic mass is 10.1. The lowest BCUT2D eigenvalue weighted by molar-refractivity contribution is -0.115. The fraction of sp³-hybridized carbons (Fsp3) is 0.136. The molecule has 0 unspecified atom stereocenters. The van der Waals surface area contributed by atoms with Crippen LogP contribution in [0.4, 0.5) is 5.69 Å². The first kappa shape index (κ1) is 19.2. The molecule has 6 heteroatoms. The minimum atomic E-state index is -0.0900. The van der Waals surface area contributed by atoms with Gasteiger partial charge in [-0.1, -0.05) is 47.5 Å². The van der Waals surface area contributed by atoms with Gasteiger partial charge in [0.2, 0.25) is 5.91 Å². The van der Waals surface area contributed by atoms with E-state index in [-0.39, 0.29) is 11.3 Å². The lowest BCUT2D eigenvalue weighted by Crippen LogP contribution is -2.27. The third-order valence-corrected chi connectivity index (χ3v) is 6.15. The summed E-state index contributed by atoms with van der Waals surface area (Å²) in [5.74, 6) is 1.30. The van der Waals surface area contributed by atoms with Crippen LogP contribution in [0.1, 0.15) is 16.5 Å². The van der Waals surface area contributed by atoms with Crippen LogP contribution >= 0.6 is 35.0 Å². The molecule has 1 amide bonds. The molecule has 3 aromatic carbocycles. The minimum absolute atomic E-state index is 0.0878. The van der Waals surface area contributed by atoms with Gasteiger partial charge in [0, 0.05) is 15.7 Å². The van der Waals surface area contributed by atoms with E-state index >= 15 is 0 Å². The number of carbonyl (C=O) groups excluding carboxylic acids is 1. The van der Waals surface area contributed by atoms with Crippen LogP contribution < -0.4 is 9.64 Å². The Morgan fingerprint density at radius 2 is 1.64 bits per heavy atom. The van der Waals surface area contributed by atoms with E-state index in [1.807, 2.05) is 65.6 Å². The first-order chi connectivity index (χ1) is 13.6. The molecule has 0 N–H and O–H groups in total. The fourth-order valence-corrected chi connectivity index (χ4v) is 4.48. The maximum Gasteiger partial charge on any atom is 0.238 e. The zero-order valence-electron chi connectivity index (χ0n) is 14.8. The quantitative estimate of drug-likeness (QED) is 0.472. The number of amides is 1. The number of hydrogen-bond acceptors (Lipinski definition) is 3. The van der Waals surface area contributed by atoms with Crippen molar-refractivity contribution in [2.45, 2.75) is 12.0 Å². The predicted molar refractivity (Wildman–Crippen MR) is 116 cm³/mol. The Morgan fingerprint density at radius 3 is 2.36 bits per heavy atom. The van der Waals surface area contributed by atoms with Crippen LogP contribution in [-0.2, 0) is 11.4 Å². The van der Waals surface area contributed by atoms with E-state index in [0.29, 0.717) is 22.4 Å². The van der Waals surface area contributed by atoms with Crippen LogP contribution in [0, 0.1) is 0 Å². The second-order valence-electron chi connectivity index (χ2n) is 6.39. The third kappa shape index (κ3) is 4.30. The number of rotatable bonds is 5. The second kappa shape index (κ2) is 8.48. The van der Waals surface area contributed by atoms with Crippen molar-refractivity contribution in [2.24, 2.45) is 0 Å². The molecular formula is C22H17Cl2NO2S. The fourth-order valence-electron chi connectivity index (χ4n) is 3.06. The van der Waals surface area contributed by atoms with E-state index < -0.39 is 0 Å². The number of anilines is 1. The first-order valence-corrected chi connectivity index (χ1v) is 10.6. The Kier molecular flexibility index (Phi) is 5.81. The van der Waals surface area contributed by atoms with Crippen LogP contribution in [0.5, 0.6) is 5.75 Å². The molecule has 0 aliphatic carbocycles. The van der Waals surface area contributed by atoms with Gasteiger partial charge in [0.25, 0.3) is 0 Å². The molecule has 1 fully saturated rings. The van der Waals surface area contributed by atoms with Crippen molar-refractivity contribution in [3.05, 3.63) is 94.0 Å². The molecule has 1 atom stereocenters. The predicted octanol–water partition coefficient (Wildman–Crippen LogP) is 6.35. The van der Waals surface area contributed by atoms with Gasteiger partial charge in [-0.2, -0.15) is 0 Å². The maximum atomic E-state index is 12.5. The summed E-state index contributed by atoms with van der Waals surface area (Å²) in [6, 6.07) is 22.8. The zero-order chi connectivity index (χ0) is 19.5. The highest BCUT2D eigenvalue weighted by molar-refractivity contribution is 8.00. The number of nitrogens with zero attached hydrogens (tertiary/aromatic N) is 1. The topological polar surface area (TPSA) is 29.5 Å². The van der Waals surface area contributed by atoms with E-state index in [0.717, 1.165) is 22.6 Å². The molecule has 28 heavy (non-hydrogen) atoms. The summed E-state index contributed by atoms with van der Waals surface area (Å²) in [4.78, 5) is 14.3. The monoisotopic (exact) mass is 429 g/mol. The van der Waals surface area contributed by atoms with E-state index in [1.165, 1.54) is 0 Å². The van der Waals surface area contributed by atoms with E-state index in [1.54, 1.807) is 23.9 Å². The van der Waals surface area contributed by atoms with Crippen molar-refractivity contribution in [1.82, 2.24) is 0 Å². The van der Waals surface area contributed by atoms with Gasteiger partial charge in [-0.25, -0.2) is 0 Å². The van der Waals surface area contributed by atoms with Gasteiger partial charge >= 0.3 is 0 Å². The van der Waals surface area contributed by atoms with Gasteiger partial charge in [0.05, 0.1) is 5.75 Å². The van der Waals surface area contributed by atoms with Crippen molar-refractivity contribution < 1.29 is 9.53 Å². The smallest absolute Gasteiger partial charge is 0.238 e. The molecule has 0 spiro atoms. The van der Waals surface area contributed by atoms with Crippen LogP contribution in [0.3, 0.4) is 0 Å². The standard InChI is InChI=1S/C22H17Cl2NO2S/c23-17-6-4-15(5-7-17)13-27-20-3-1-2-16(12-20)22-25(21(26)14-28-22)19-10-8-18(24)9-11-19/h1-12,22H,13-14H2/t22-/m1/s1. The van der Waals surface area contributed by atoms with Gasteiger partial charge in [-0.3, -0.25) is 9.69 Å². The van der Waals surface area contributed by atoms with Crippen LogP contribution in [0.25, 0.3) is 0 Å². The molecule has 0 bridgehead atoms. The van der Waals surface area contributed by atoms with Crippen molar-refractivity contribution in [2.75, 3.05) is 10.7 Å². The maximum absolute atomic E-state index is 12.5. The van der Waals surface area contributed by atoms with Crippen molar-refractivity contribution in [1.29, 1.82) is 0 Å². The lowest BCUT2D eigenvalue weighted by Gasteiger charge is -2.24. The van der Waals surface area contributed by atoms with Crippen LogP contribution in [0.15, 0.2) is 72.8 Å². The number of halogens is 2. The van der Waals surface area contributed by atoms with Crippen molar-refractivity contribution in [3.63, 3.8) is 0 Å². The molecule has 1 heterocycles. The molecule has 142 valence electrons. The van der Waals surface area contributed by atoms with Gasteiger partial charge < -0.3 is 4.74 Å². The summed E-state index contributed by atoms with van der Waals surface area (Å²) < 4.78 is 5.94. The van der Waals surface area contributed by atoms with Gasteiger partial charge in [0.15, 0.2) is 0 Å². The summed E-state index contributed by atoms with van der Waals surface area (Å²) in [6.07, 6.45) is 0. The second-order valence-corrected chi connectivity index (χ2v) is 8.33. The zero-order valence-corrected chi connectivity index (χ0v) is 17.2. The summed E-state index contributed by atoms with van der Waals surface area (Å²) >= 11 is 13.5. The molecule has 0 radical (unpaired) electrons. The Labute approximate surface area is 178 Å². The summed E-state index contributed by atoms with van der Waals surface area (Å²) in [5.41, 5.74) is 2.92. The summed E-state index contributed by atoms with van der Waals surface area (Å²) in [6.45, 7) is 0.457. The SMILES string of the molecule is O=C1CS[C@H](c2cccc(OCc3ccc(Cl)cc3)c2)N1c1ccc(Cl)cc1. The highest BCUT2D eigenvalue weighted by Gasteiger charge is 2.34. The highest BCUT2D eigenvalue weighted by Crippen LogP contribution is 2.42. The number of thioether (sulfide) groups is 1. The number of carbonyl (C=O) groups is 1. The Morgan fingerprint density at radius 1 is 0.964 bits per heavy atom. The number of benzene rings is 3. The van der Waals surface area contributed by atoms with E-state index in [2.05, 4.69) is 0 Å². The molecule has 1 aliphatic rings. The van der Waals surface area contributed by atoms with Crippen molar-refractivity contribution in [3.8, 4) is 5.75 Å². The molecule has 1 aliphatic heterocycles. The minimum Gasteiger partial charge on any atom is -0.489 e. The highest BCUT2D eigenvalue weighted by atomic mass is 35.5. The molecular weight excluding hydrogens is 413 g/mol. The summed E-state index contributed by atoms with van der Waals surface area (Å²) in [7, 11) is 0. The normalized spacial score (nSPS) is 16.4. The van der Waals surface area contributed by atoms with Crippen molar-refractivity contribution >= 4 is 46.6 Å². The average molecular weight is 430 g/mol. The van der Waals surface area contributed by atoms with Gasteiger partial charge in [-0.05, 0) is 59.7 Å².